The summed E-state index contributed by atoms with van der Waals surface area (Å²) >= 11 is 1.42. The first kappa shape index (κ1) is 20.4. The largest absolute Gasteiger partial charge is 0.465 e. The molecule has 0 saturated heterocycles. The summed E-state index contributed by atoms with van der Waals surface area (Å²) in [6, 6.07) is -0.830. The summed E-state index contributed by atoms with van der Waals surface area (Å²) < 4.78 is 5.42. The fraction of sp³-hybridized carbons (Fsp3) is 0.688. The second kappa shape index (κ2) is 8.98. The fourth-order valence-electron chi connectivity index (χ4n) is 2.11. The molecule has 0 aliphatic carbocycles. The summed E-state index contributed by atoms with van der Waals surface area (Å²) in [6.45, 7) is 7.76. The van der Waals surface area contributed by atoms with Gasteiger partial charge in [-0.05, 0) is 46.0 Å². The van der Waals surface area contributed by atoms with Gasteiger partial charge >= 0.3 is 6.09 Å². The molecular weight excluding hydrogens is 330 g/mol. The van der Waals surface area contributed by atoms with E-state index in [1.165, 1.54) is 18.3 Å². The molecule has 0 aromatic carbocycles. The van der Waals surface area contributed by atoms with Crippen molar-refractivity contribution in [1.29, 1.82) is 0 Å². The van der Waals surface area contributed by atoms with Crippen LogP contribution < -0.4 is 10.6 Å². The van der Waals surface area contributed by atoms with Gasteiger partial charge in [-0.2, -0.15) is 0 Å². The first-order valence-corrected chi connectivity index (χ1v) is 8.77. The molecule has 136 valence electrons. The van der Waals surface area contributed by atoms with Crippen molar-refractivity contribution in [1.82, 2.24) is 10.3 Å². The van der Waals surface area contributed by atoms with Crippen LogP contribution >= 0.6 is 11.3 Å². The van der Waals surface area contributed by atoms with Gasteiger partial charge in [0.25, 0.3) is 0 Å². The predicted octanol–water partition coefficient (Wildman–Crippen LogP) is 3.44. The minimum Gasteiger partial charge on any atom is -0.465 e. The number of aromatic nitrogens is 1. The van der Waals surface area contributed by atoms with Crippen LogP contribution in [0.25, 0.3) is 0 Å². The molecule has 0 radical (unpaired) electrons. The molecule has 8 heteroatoms. The standard InChI is InChI=1S/C16H27N3O4S/c1-10(7-6-8-16(3,4)23-5)12-9-17-14(24-12)19-13(20)11(2)18-15(21)22/h9-11,18H,6-8H2,1-5H3,(H,21,22)(H,17,19,20). The summed E-state index contributed by atoms with van der Waals surface area (Å²) in [5.74, 6) is -0.0804. The molecule has 0 fully saturated rings. The van der Waals surface area contributed by atoms with Gasteiger partial charge in [-0.15, -0.1) is 11.3 Å². The maximum atomic E-state index is 11.9. The molecular formula is C16H27N3O4S. The number of carboxylic acid groups (broad SMARTS) is 1. The maximum absolute atomic E-state index is 11.9. The van der Waals surface area contributed by atoms with E-state index in [1.54, 1.807) is 13.3 Å². The minimum atomic E-state index is -1.23. The summed E-state index contributed by atoms with van der Waals surface area (Å²) in [6.07, 6.45) is 3.57. The Morgan fingerprint density at radius 2 is 2.08 bits per heavy atom. The average Bonchev–Trinajstić information content (AvgIpc) is 2.94. The molecule has 1 rings (SSSR count). The van der Waals surface area contributed by atoms with Crippen LogP contribution in [0.4, 0.5) is 9.93 Å². The lowest BCUT2D eigenvalue weighted by Crippen LogP contribution is -2.40. The fourth-order valence-corrected chi connectivity index (χ4v) is 3.02. The van der Waals surface area contributed by atoms with Crippen molar-refractivity contribution in [3.8, 4) is 0 Å². The van der Waals surface area contributed by atoms with Crippen LogP contribution in [-0.2, 0) is 9.53 Å². The van der Waals surface area contributed by atoms with E-state index in [-0.39, 0.29) is 5.60 Å². The zero-order chi connectivity index (χ0) is 18.3. The quantitative estimate of drug-likeness (QED) is 0.628. The highest BCUT2D eigenvalue weighted by Crippen LogP contribution is 2.30. The van der Waals surface area contributed by atoms with Crippen LogP contribution in [0.3, 0.4) is 0 Å². The molecule has 0 spiro atoms. The Kier molecular flexibility index (Phi) is 7.62. The first-order valence-electron chi connectivity index (χ1n) is 7.96. The smallest absolute Gasteiger partial charge is 0.405 e. The number of hydrogen-bond acceptors (Lipinski definition) is 5. The van der Waals surface area contributed by atoms with Crippen molar-refractivity contribution in [2.45, 2.75) is 64.5 Å². The second-order valence-corrected chi connectivity index (χ2v) is 7.55. The zero-order valence-electron chi connectivity index (χ0n) is 14.9. The number of anilines is 1. The van der Waals surface area contributed by atoms with E-state index in [4.69, 9.17) is 9.84 Å². The SMILES string of the molecule is COC(C)(C)CCCC(C)c1cnc(NC(=O)C(C)NC(=O)O)s1. The molecule has 1 aromatic rings. The van der Waals surface area contributed by atoms with Crippen LogP contribution in [0.5, 0.6) is 0 Å². The number of methoxy groups -OCH3 is 1. The normalized spacial score (nSPS) is 14.0. The van der Waals surface area contributed by atoms with Gasteiger partial charge in [-0.1, -0.05) is 6.92 Å². The third-order valence-corrected chi connectivity index (χ3v) is 5.09. The summed E-state index contributed by atoms with van der Waals surface area (Å²) in [5.41, 5.74) is -0.111. The Bertz CT molecular complexity index is 559. The monoisotopic (exact) mass is 357 g/mol. The highest BCUT2D eigenvalue weighted by molar-refractivity contribution is 7.15. The minimum absolute atomic E-state index is 0.111. The molecule has 1 aromatic heterocycles. The van der Waals surface area contributed by atoms with E-state index in [9.17, 15) is 9.59 Å². The zero-order valence-corrected chi connectivity index (χ0v) is 15.7. The number of carbonyl (C=O) groups is 2. The van der Waals surface area contributed by atoms with E-state index in [2.05, 4.69) is 36.4 Å². The van der Waals surface area contributed by atoms with E-state index in [0.717, 1.165) is 24.1 Å². The Hall–Kier alpha value is -1.67. The lowest BCUT2D eigenvalue weighted by molar-refractivity contribution is -0.117. The van der Waals surface area contributed by atoms with Crippen molar-refractivity contribution < 1.29 is 19.4 Å². The van der Waals surface area contributed by atoms with Gasteiger partial charge in [-0.3, -0.25) is 4.79 Å². The third kappa shape index (κ3) is 6.84. The molecule has 1 heterocycles. The first-order chi connectivity index (χ1) is 11.1. The number of carbonyl (C=O) groups excluding carboxylic acids is 1. The van der Waals surface area contributed by atoms with Gasteiger partial charge < -0.3 is 20.5 Å². The molecule has 2 amide bonds. The highest BCUT2D eigenvalue weighted by atomic mass is 32.1. The Balaban J connectivity index is 2.50. The Morgan fingerprint density at radius 3 is 2.67 bits per heavy atom. The molecule has 7 nitrogen and oxygen atoms in total. The molecule has 3 N–H and O–H groups in total. The molecule has 0 aliphatic heterocycles. The maximum Gasteiger partial charge on any atom is 0.405 e. The number of thiazole rings is 1. The average molecular weight is 357 g/mol. The van der Waals surface area contributed by atoms with Crippen LogP contribution in [0.2, 0.25) is 0 Å². The number of amides is 2. The van der Waals surface area contributed by atoms with Gasteiger partial charge in [-0.25, -0.2) is 9.78 Å². The van der Waals surface area contributed by atoms with Gasteiger partial charge in [0, 0.05) is 18.2 Å². The number of nitrogens with one attached hydrogen (secondary N) is 2. The topological polar surface area (TPSA) is 101 Å². The van der Waals surface area contributed by atoms with Gasteiger partial charge in [0.05, 0.1) is 5.60 Å². The molecule has 0 aliphatic rings. The lowest BCUT2D eigenvalue weighted by Gasteiger charge is -2.23. The number of ether oxygens (including phenoxy) is 1. The molecule has 2 unspecified atom stereocenters. The van der Waals surface area contributed by atoms with Gasteiger partial charge in [0.2, 0.25) is 5.91 Å². The molecule has 0 saturated carbocycles. The summed E-state index contributed by atoms with van der Waals surface area (Å²) in [4.78, 5) is 27.7. The number of nitrogens with zero attached hydrogens (tertiary/aromatic N) is 1. The highest BCUT2D eigenvalue weighted by Gasteiger charge is 2.19. The molecule has 24 heavy (non-hydrogen) atoms. The van der Waals surface area contributed by atoms with Crippen molar-refractivity contribution >= 4 is 28.5 Å². The van der Waals surface area contributed by atoms with E-state index in [0.29, 0.717) is 11.0 Å². The van der Waals surface area contributed by atoms with E-state index in [1.807, 2.05) is 0 Å². The summed E-state index contributed by atoms with van der Waals surface area (Å²) in [5, 5.41) is 13.8. The number of hydrogen-bond donors (Lipinski definition) is 3. The second-order valence-electron chi connectivity index (χ2n) is 6.49. The summed E-state index contributed by atoms with van der Waals surface area (Å²) in [7, 11) is 1.72. The number of rotatable bonds is 9. The van der Waals surface area contributed by atoms with Crippen LogP contribution in [-0.4, -0.2) is 40.8 Å². The van der Waals surface area contributed by atoms with Crippen molar-refractivity contribution in [2.24, 2.45) is 0 Å². The Morgan fingerprint density at radius 1 is 1.42 bits per heavy atom. The Labute approximate surface area is 146 Å². The molecule has 2 atom stereocenters. The van der Waals surface area contributed by atoms with Gasteiger partial charge in [0.1, 0.15) is 6.04 Å². The molecule has 0 bridgehead atoms. The predicted molar refractivity (Wildman–Crippen MR) is 94.7 cm³/mol. The van der Waals surface area contributed by atoms with Crippen molar-refractivity contribution in [2.75, 3.05) is 12.4 Å². The van der Waals surface area contributed by atoms with Crippen molar-refractivity contribution in [3.05, 3.63) is 11.1 Å². The van der Waals surface area contributed by atoms with E-state index >= 15 is 0 Å². The van der Waals surface area contributed by atoms with Crippen molar-refractivity contribution in [3.63, 3.8) is 0 Å². The van der Waals surface area contributed by atoms with Crippen LogP contribution in [0.15, 0.2) is 6.20 Å². The van der Waals surface area contributed by atoms with Crippen LogP contribution in [0.1, 0.15) is 57.8 Å². The van der Waals surface area contributed by atoms with Gasteiger partial charge in [0.15, 0.2) is 5.13 Å². The van der Waals surface area contributed by atoms with Crippen LogP contribution in [0, 0.1) is 0 Å². The van der Waals surface area contributed by atoms with E-state index < -0.39 is 18.0 Å². The lowest BCUT2D eigenvalue weighted by atomic mass is 9.96. The third-order valence-electron chi connectivity index (χ3n) is 3.94.